The number of fused-ring (bicyclic) bond motifs is 2. The topological polar surface area (TPSA) is 84.4 Å². The normalized spacial score (nSPS) is 18.8. The van der Waals surface area contributed by atoms with Crippen molar-refractivity contribution in [3.63, 3.8) is 0 Å². The van der Waals surface area contributed by atoms with Gasteiger partial charge in [-0.15, -0.1) is 0 Å². The Morgan fingerprint density at radius 2 is 2.10 bits per heavy atom. The quantitative estimate of drug-likeness (QED) is 0.673. The Morgan fingerprint density at radius 1 is 1.26 bits per heavy atom. The molecule has 8 heteroatoms. The molecule has 2 aliphatic heterocycles. The van der Waals surface area contributed by atoms with Crippen LogP contribution >= 0.6 is 0 Å². The molecule has 1 saturated heterocycles. The predicted molar refractivity (Wildman–Crippen MR) is 122 cm³/mol. The third-order valence-corrected chi connectivity index (χ3v) is 7.16. The summed E-state index contributed by atoms with van der Waals surface area (Å²) >= 11 is 0. The van der Waals surface area contributed by atoms with Crippen LogP contribution in [0.4, 0.5) is 5.69 Å². The number of aryl methyl sites for hydroxylation is 1. The summed E-state index contributed by atoms with van der Waals surface area (Å²) in [4.78, 5) is 18.3. The highest BCUT2D eigenvalue weighted by atomic mass is 32.2. The second-order valence-electron chi connectivity index (χ2n) is 8.91. The van der Waals surface area contributed by atoms with Crippen LogP contribution in [0.2, 0.25) is 0 Å². The van der Waals surface area contributed by atoms with Crippen LogP contribution < -0.4 is 10.5 Å². The van der Waals surface area contributed by atoms with Crippen LogP contribution in [-0.2, 0) is 33.9 Å². The van der Waals surface area contributed by atoms with Gasteiger partial charge < -0.3 is 19.2 Å². The lowest BCUT2D eigenvalue weighted by Crippen LogP contribution is -2.33. The van der Waals surface area contributed by atoms with E-state index in [1.54, 1.807) is 11.6 Å². The Kier molecular flexibility index (Phi) is 4.94. The van der Waals surface area contributed by atoms with Crippen molar-refractivity contribution in [3.8, 4) is 11.1 Å². The number of nitrogens with zero attached hydrogens (tertiary/aromatic N) is 2. The number of aromatic amines is 1. The van der Waals surface area contributed by atoms with E-state index in [0.29, 0.717) is 18.0 Å². The molecule has 0 aliphatic carbocycles. The molecule has 0 amide bonds. The number of benzene rings is 1. The molecule has 4 heterocycles. The fourth-order valence-corrected chi connectivity index (χ4v) is 5.73. The van der Waals surface area contributed by atoms with Gasteiger partial charge in [0.1, 0.15) is 5.52 Å². The van der Waals surface area contributed by atoms with E-state index in [1.807, 2.05) is 30.6 Å². The van der Waals surface area contributed by atoms with Gasteiger partial charge in [-0.05, 0) is 42.0 Å². The van der Waals surface area contributed by atoms with E-state index in [-0.39, 0.29) is 11.3 Å². The maximum absolute atomic E-state index is 12.7. The van der Waals surface area contributed by atoms with Crippen molar-refractivity contribution in [2.45, 2.75) is 25.1 Å². The molecule has 1 fully saturated rings. The van der Waals surface area contributed by atoms with Gasteiger partial charge in [0.15, 0.2) is 9.84 Å². The monoisotopic (exact) mass is 441 g/mol. The summed E-state index contributed by atoms with van der Waals surface area (Å²) in [5.74, 6) is 0.435. The first-order chi connectivity index (χ1) is 14.8. The number of ether oxygens (including phenoxy) is 1. The fourth-order valence-electron chi connectivity index (χ4n) is 4.95. The van der Waals surface area contributed by atoms with E-state index in [0.717, 1.165) is 65.9 Å². The molecule has 0 radical (unpaired) electrons. The smallest absolute Gasteiger partial charge is 0.274 e. The molecule has 7 nitrogen and oxygen atoms in total. The van der Waals surface area contributed by atoms with Gasteiger partial charge in [-0.3, -0.25) is 4.79 Å². The van der Waals surface area contributed by atoms with E-state index in [2.05, 4.69) is 9.88 Å². The van der Waals surface area contributed by atoms with Crippen molar-refractivity contribution in [2.75, 3.05) is 30.9 Å². The van der Waals surface area contributed by atoms with Crippen LogP contribution in [0.1, 0.15) is 24.0 Å². The second kappa shape index (κ2) is 7.53. The van der Waals surface area contributed by atoms with Crippen molar-refractivity contribution in [1.29, 1.82) is 0 Å². The van der Waals surface area contributed by atoms with Crippen LogP contribution in [0.25, 0.3) is 22.0 Å². The van der Waals surface area contributed by atoms with E-state index >= 15 is 0 Å². The van der Waals surface area contributed by atoms with Gasteiger partial charge in [-0.1, -0.05) is 6.07 Å². The summed E-state index contributed by atoms with van der Waals surface area (Å²) in [6.07, 6.45) is 7.26. The Hall–Kier alpha value is -2.58. The highest BCUT2D eigenvalue weighted by Crippen LogP contribution is 2.41. The molecule has 2 aliphatic rings. The van der Waals surface area contributed by atoms with Crippen molar-refractivity contribution >= 4 is 26.4 Å². The minimum Gasteiger partial charge on any atom is -0.381 e. The first kappa shape index (κ1) is 20.3. The molecule has 5 rings (SSSR count). The van der Waals surface area contributed by atoms with Gasteiger partial charge in [-0.2, -0.15) is 0 Å². The van der Waals surface area contributed by atoms with Crippen LogP contribution in [0.15, 0.2) is 35.4 Å². The third-order valence-electron chi connectivity index (χ3n) is 6.30. The van der Waals surface area contributed by atoms with Gasteiger partial charge >= 0.3 is 0 Å². The maximum Gasteiger partial charge on any atom is 0.274 e. The molecule has 0 bridgehead atoms. The number of rotatable bonds is 4. The van der Waals surface area contributed by atoms with Gasteiger partial charge in [0, 0.05) is 67.6 Å². The predicted octanol–water partition coefficient (Wildman–Crippen LogP) is 2.82. The molecule has 1 atom stereocenters. The number of hydrogen-bond acceptors (Lipinski definition) is 5. The summed E-state index contributed by atoms with van der Waals surface area (Å²) in [5, 5.41) is 0.934. The SMILES string of the molecule is Cn1cc2c3c(c[nH]c3c1=O)CN(CC1CCCOC1)c1ccc(CS(C)(=O)=O)cc1-2. The Bertz CT molecular complexity index is 1320. The number of H-pyrrole nitrogens is 1. The van der Waals surface area contributed by atoms with Crippen LogP contribution in [0.5, 0.6) is 0 Å². The summed E-state index contributed by atoms with van der Waals surface area (Å²) in [7, 11) is -1.41. The number of nitrogens with one attached hydrogen (secondary N) is 1. The van der Waals surface area contributed by atoms with Crippen molar-refractivity contribution in [2.24, 2.45) is 13.0 Å². The number of pyridine rings is 1. The van der Waals surface area contributed by atoms with Crippen molar-refractivity contribution in [1.82, 2.24) is 9.55 Å². The second-order valence-corrected chi connectivity index (χ2v) is 11.0. The third kappa shape index (κ3) is 3.78. The minimum absolute atomic E-state index is 0.00829. The zero-order valence-electron chi connectivity index (χ0n) is 17.8. The molecule has 3 aromatic rings. The average Bonchev–Trinajstić information content (AvgIpc) is 3.09. The molecule has 0 saturated carbocycles. The molecule has 164 valence electrons. The first-order valence-corrected chi connectivity index (χ1v) is 12.7. The van der Waals surface area contributed by atoms with Gasteiger partial charge in [0.25, 0.3) is 5.56 Å². The van der Waals surface area contributed by atoms with Gasteiger partial charge in [0.05, 0.1) is 12.4 Å². The maximum atomic E-state index is 12.7. The lowest BCUT2D eigenvalue weighted by atomic mass is 9.98. The number of aromatic nitrogens is 2. The van der Waals surface area contributed by atoms with Gasteiger partial charge in [0.2, 0.25) is 0 Å². The summed E-state index contributed by atoms with van der Waals surface area (Å²) in [6, 6.07) is 5.92. The highest BCUT2D eigenvalue weighted by Gasteiger charge is 2.27. The summed E-state index contributed by atoms with van der Waals surface area (Å²) in [6.45, 7) is 3.13. The van der Waals surface area contributed by atoms with E-state index < -0.39 is 9.84 Å². The molecule has 1 N–H and O–H groups in total. The Labute approximate surface area is 181 Å². The summed E-state index contributed by atoms with van der Waals surface area (Å²) < 4.78 is 31.2. The molecule has 0 spiro atoms. The number of hydrogen-bond donors (Lipinski definition) is 1. The lowest BCUT2D eigenvalue weighted by molar-refractivity contribution is 0.0571. The molecule has 1 unspecified atom stereocenters. The molecular formula is C23H27N3O4S. The highest BCUT2D eigenvalue weighted by molar-refractivity contribution is 7.89. The number of sulfone groups is 1. The Morgan fingerprint density at radius 3 is 2.84 bits per heavy atom. The Balaban J connectivity index is 1.70. The fraction of sp³-hybridized carbons (Fsp3) is 0.435. The average molecular weight is 442 g/mol. The van der Waals surface area contributed by atoms with Gasteiger partial charge in [-0.25, -0.2) is 8.42 Å². The van der Waals surface area contributed by atoms with Crippen molar-refractivity contribution in [3.05, 3.63) is 52.1 Å². The van der Waals surface area contributed by atoms with Crippen LogP contribution in [0, 0.1) is 5.92 Å². The minimum atomic E-state index is -3.16. The largest absolute Gasteiger partial charge is 0.381 e. The van der Waals surface area contributed by atoms with Crippen LogP contribution in [-0.4, -0.2) is 44.0 Å². The molecule has 31 heavy (non-hydrogen) atoms. The van der Waals surface area contributed by atoms with Crippen LogP contribution in [0.3, 0.4) is 0 Å². The van der Waals surface area contributed by atoms with E-state index in [1.165, 1.54) is 6.26 Å². The first-order valence-electron chi connectivity index (χ1n) is 10.6. The number of anilines is 1. The van der Waals surface area contributed by atoms with E-state index in [4.69, 9.17) is 4.74 Å². The standard InChI is InChI=1S/C23H27N3O4S/c1-25-12-19-18-8-15(14-31(2,28)29)5-6-20(18)26(10-16-4-3-7-30-13-16)11-17-9-24-22(21(17)19)23(25)27/h5-6,8-9,12,16,24H,3-4,7,10-11,13-14H2,1-2H3. The molecule has 1 aromatic carbocycles. The summed E-state index contributed by atoms with van der Waals surface area (Å²) in [5.41, 5.74) is 5.37. The zero-order valence-corrected chi connectivity index (χ0v) is 18.7. The molecular weight excluding hydrogens is 414 g/mol. The zero-order chi connectivity index (χ0) is 21.8. The van der Waals surface area contributed by atoms with Crippen molar-refractivity contribution < 1.29 is 13.2 Å². The van der Waals surface area contributed by atoms with E-state index in [9.17, 15) is 13.2 Å². The lowest BCUT2D eigenvalue weighted by Gasteiger charge is -2.32. The molecule has 2 aromatic heterocycles.